The first kappa shape index (κ1) is 19.1. The summed E-state index contributed by atoms with van der Waals surface area (Å²) in [6.45, 7) is 15.1. The fraction of sp³-hybridized carbons (Fsp3) is 0.682. The Hall–Kier alpha value is -1.71. The molecule has 1 aromatic carbocycles. The zero-order chi connectivity index (χ0) is 19.2. The Kier molecular flexibility index (Phi) is 4.74. The van der Waals surface area contributed by atoms with E-state index in [0.717, 1.165) is 38.9 Å². The smallest absolute Gasteiger partial charge is 0.410 e. The molecule has 0 radical (unpaired) electrons. The number of nitrogens with one attached hydrogen (secondary N) is 1. The summed E-state index contributed by atoms with van der Waals surface area (Å²) < 4.78 is 5.55. The zero-order valence-corrected chi connectivity index (χ0v) is 17.2. The minimum absolute atomic E-state index is 0.154. The topological polar surface area (TPSA) is 41.6 Å². The summed E-state index contributed by atoms with van der Waals surface area (Å²) in [6, 6.07) is 6.94. The lowest BCUT2D eigenvalue weighted by atomic mass is 9.67. The molecule has 1 spiro atoms. The van der Waals surface area contributed by atoms with Gasteiger partial charge in [0.1, 0.15) is 5.60 Å². The Bertz CT molecular complexity index is 674. The molecule has 2 heterocycles. The van der Waals surface area contributed by atoms with Gasteiger partial charge in [-0.05, 0) is 62.6 Å². The molecule has 1 aromatic rings. The van der Waals surface area contributed by atoms with Gasteiger partial charge in [0, 0.05) is 30.7 Å². The van der Waals surface area contributed by atoms with Gasteiger partial charge in [-0.15, -0.1) is 0 Å². The van der Waals surface area contributed by atoms with E-state index in [0.29, 0.717) is 0 Å². The van der Waals surface area contributed by atoms with E-state index in [1.54, 1.807) is 0 Å². The van der Waals surface area contributed by atoms with Crippen LogP contribution in [0.2, 0.25) is 0 Å². The van der Waals surface area contributed by atoms with Gasteiger partial charge in [-0.3, -0.25) is 0 Å². The predicted octanol–water partition coefficient (Wildman–Crippen LogP) is 5.07. The minimum atomic E-state index is -0.434. The fourth-order valence-electron chi connectivity index (χ4n) is 4.15. The van der Waals surface area contributed by atoms with Crippen LogP contribution in [-0.2, 0) is 15.6 Å². The van der Waals surface area contributed by atoms with Crippen LogP contribution in [0.3, 0.4) is 0 Å². The molecule has 4 nitrogen and oxygen atoms in total. The van der Waals surface area contributed by atoms with Crippen molar-refractivity contribution in [2.45, 2.75) is 77.2 Å². The third kappa shape index (κ3) is 3.84. The molecule has 26 heavy (non-hydrogen) atoms. The van der Waals surface area contributed by atoms with Crippen LogP contribution >= 0.6 is 0 Å². The predicted molar refractivity (Wildman–Crippen MR) is 107 cm³/mol. The number of anilines is 1. The number of carbonyl (C=O) groups is 1. The Labute approximate surface area is 158 Å². The molecule has 0 unspecified atom stereocenters. The van der Waals surface area contributed by atoms with Crippen LogP contribution in [0.5, 0.6) is 0 Å². The van der Waals surface area contributed by atoms with Gasteiger partial charge < -0.3 is 15.0 Å². The summed E-state index contributed by atoms with van der Waals surface area (Å²) in [5.41, 5.74) is 4.00. The number of hydrogen-bond donors (Lipinski definition) is 1. The molecule has 1 amide bonds. The summed E-state index contributed by atoms with van der Waals surface area (Å²) in [7, 11) is 0. The summed E-state index contributed by atoms with van der Waals surface area (Å²) in [4.78, 5) is 14.3. The number of fused-ring (bicyclic) bond motifs is 2. The SMILES string of the molecule is CC(C)(C)OC(=O)N1CCC2(CCNc3cc(C(C)(C)C)ccc32)CC1. The van der Waals surface area contributed by atoms with Crippen molar-refractivity contribution in [3.8, 4) is 0 Å². The highest BCUT2D eigenvalue weighted by atomic mass is 16.6. The van der Waals surface area contributed by atoms with E-state index in [-0.39, 0.29) is 16.9 Å². The van der Waals surface area contributed by atoms with Crippen LogP contribution in [0.1, 0.15) is 71.9 Å². The molecular weight excluding hydrogens is 324 g/mol. The van der Waals surface area contributed by atoms with Crippen LogP contribution in [-0.4, -0.2) is 36.2 Å². The molecule has 1 N–H and O–H groups in total. The quantitative estimate of drug-likeness (QED) is 0.704. The number of rotatable bonds is 0. The molecule has 2 aliphatic rings. The summed E-state index contributed by atoms with van der Waals surface area (Å²) in [5, 5.41) is 3.61. The molecule has 4 heteroatoms. The first-order chi connectivity index (χ1) is 12.0. The zero-order valence-electron chi connectivity index (χ0n) is 17.2. The second-order valence-corrected chi connectivity index (χ2v) is 9.93. The van der Waals surface area contributed by atoms with E-state index in [2.05, 4.69) is 44.3 Å². The second-order valence-electron chi connectivity index (χ2n) is 9.93. The highest BCUT2D eigenvalue weighted by Crippen LogP contribution is 2.45. The van der Waals surface area contributed by atoms with Crippen molar-refractivity contribution < 1.29 is 9.53 Å². The monoisotopic (exact) mass is 358 g/mol. The van der Waals surface area contributed by atoms with Crippen molar-refractivity contribution in [1.82, 2.24) is 4.90 Å². The molecule has 3 rings (SSSR count). The van der Waals surface area contributed by atoms with Gasteiger partial charge in [0.2, 0.25) is 0 Å². The van der Waals surface area contributed by atoms with Crippen molar-refractivity contribution in [3.05, 3.63) is 29.3 Å². The largest absolute Gasteiger partial charge is 0.444 e. The molecule has 0 aliphatic carbocycles. The normalized spacial score (nSPS) is 19.7. The van der Waals surface area contributed by atoms with Gasteiger partial charge >= 0.3 is 6.09 Å². The number of hydrogen-bond acceptors (Lipinski definition) is 3. The summed E-state index contributed by atoms with van der Waals surface area (Å²) in [5.74, 6) is 0. The lowest BCUT2D eigenvalue weighted by molar-refractivity contribution is 0.0159. The highest BCUT2D eigenvalue weighted by Gasteiger charge is 2.41. The van der Waals surface area contributed by atoms with Crippen molar-refractivity contribution in [2.75, 3.05) is 25.0 Å². The van der Waals surface area contributed by atoms with E-state index in [1.165, 1.54) is 16.8 Å². The van der Waals surface area contributed by atoms with Crippen LogP contribution < -0.4 is 5.32 Å². The van der Waals surface area contributed by atoms with Crippen molar-refractivity contribution >= 4 is 11.8 Å². The molecule has 1 saturated heterocycles. The van der Waals surface area contributed by atoms with E-state index in [4.69, 9.17) is 4.74 Å². The van der Waals surface area contributed by atoms with Crippen LogP contribution in [0, 0.1) is 0 Å². The van der Waals surface area contributed by atoms with Gasteiger partial charge in [0.15, 0.2) is 0 Å². The van der Waals surface area contributed by atoms with Gasteiger partial charge in [-0.25, -0.2) is 4.79 Å². The van der Waals surface area contributed by atoms with E-state index in [1.807, 2.05) is 25.7 Å². The molecule has 1 fully saturated rings. The van der Waals surface area contributed by atoms with Gasteiger partial charge in [-0.2, -0.15) is 0 Å². The average molecular weight is 359 g/mol. The van der Waals surface area contributed by atoms with E-state index < -0.39 is 5.60 Å². The standard InChI is InChI=1S/C22H34N2O2/c1-20(2,3)16-7-8-17-18(15-16)23-12-9-22(17)10-13-24(14-11-22)19(25)26-21(4,5)6/h7-8,15,23H,9-14H2,1-6H3. The van der Waals surface area contributed by atoms with Crippen LogP contribution in [0.25, 0.3) is 0 Å². The Morgan fingerprint density at radius 2 is 1.73 bits per heavy atom. The number of carbonyl (C=O) groups excluding carboxylic acids is 1. The lowest BCUT2D eigenvalue weighted by Crippen LogP contribution is -2.48. The maximum Gasteiger partial charge on any atom is 0.410 e. The molecule has 0 aromatic heterocycles. The highest BCUT2D eigenvalue weighted by molar-refractivity contribution is 5.68. The van der Waals surface area contributed by atoms with Gasteiger partial charge in [-0.1, -0.05) is 32.9 Å². The molecule has 0 saturated carbocycles. The number of ether oxygens (including phenoxy) is 1. The van der Waals surface area contributed by atoms with E-state index >= 15 is 0 Å². The maximum absolute atomic E-state index is 12.4. The summed E-state index contributed by atoms with van der Waals surface area (Å²) >= 11 is 0. The Balaban J connectivity index is 1.77. The minimum Gasteiger partial charge on any atom is -0.444 e. The Morgan fingerprint density at radius 1 is 1.08 bits per heavy atom. The van der Waals surface area contributed by atoms with Gasteiger partial charge in [0.05, 0.1) is 0 Å². The maximum atomic E-state index is 12.4. The van der Waals surface area contributed by atoms with Crippen molar-refractivity contribution in [3.63, 3.8) is 0 Å². The summed E-state index contributed by atoms with van der Waals surface area (Å²) in [6.07, 6.45) is 2.98. The first-order valence-electron chi connectivity index (χ1n) is 9.87. The van der Waals surface area contributed by atoms with Crippen molar-refractivity contribution in [2.24, 2.45) is 0 Å². The molecular formula is C22H34N2O2. The number of nitrogens with zero attached hydrogens (tertiary/aromatic N) is 1. The van der Waals surface area contributed by atoms with Crippen LogP contribution in [0.4, 0.5) is 10.5 Å². The lowest BCUT2D eigenvalue weighted by Gasteiger charge is -2.46. The van der Waals surface area contributed by atoms with Crippen molar-refractivity contribution in [1.29, 1.82) is 0 Å². The average Bonchev–Trinajstić information content (AvgIpc) is 2.53. The molecule has 144 valence electrons. The first-order valence-corrected chi connectivity index (χ1v) is 9.87. The third-order valence-electron chi connectivity index (χ3n) is 5.75. The van der Waals surface area contributed by atoms with Crippen LogP contribution in [0.15, 0.2) is 18.2 Å². The molecule has 0 bridgehead atoms. The number of amides is 1. The number of benzene rings is 1. The van der Waals surface area contributed by atoms with Gasteiger partial charge in [0.25, 0.3) is 0 Å². The van der Waals surface area contributed by atoms with E-state index in [9.17, 15) is 4.79 Å². The second kappa shape index (κ2) is 6.47. The molecule has 2 aliphatic heterocycles. The number of likely N-dealkylation sites (tertiary alicyclic amines) is 1. The Morgan fingerprint density at radius 3 is 2.31 bits per heavy atom. The third-order valence-corrected chi connectivity index (χ3v) is 5.75. The molecule has 0 atom stereocenters. The number of piperidine rings is 1. The fourth-order valence-corrected chi connectivity index (χ4v) is 4.15.